The first-order valence-corrected chi connectivity index (χ1v) is 4.97. The predicted molar refractivity (Wildman–Crippen MR) is 59.4 cm³/mol. The van der Waals surface area contributed by atoms with Gasteiger partial charge in [0.15, 0.2) is 0 Å². The third-order valence-electron chi connectivity index (χ3n) is 2.24. The van der Waals surface area contributed by atoms with Gasteiger partial charge in [0.2, 0.25) is 0 Å². The van der Waals surface area contributed by atoms with Crippen LogP contribution >= 0.6 is 0 Å². The Bertz CT molecular complexity index is 269. The van der Waals surface area contributed by atoms with Gasteiger partial charge in [0.25, 0.3) is 0 Å². The lowest BCUT2D eigenvalue weighted by molar-refractivity contribution is 0.213. The number of oxime groups is 1. The summed E-state index contributed by atoms with van der Waals surface area (Å²) in [5.41, 5.74) is 1.35. The van der Waals surface area contributed by atoms with Crippen molar-refractivity contribution in [3.8, 4) is 0 Å². The van der Waals surface area contributed by atoms with Gasteiger partial charge in [0.05, 0.1) is 0 Å². The number of rotatable bonds is 5. The molecule has 0 aliphatic rings. The van der Waals surface area contributed by atoms with E-state index < -0.39 is 0 Å². The van der Waals surface area contributed by atoms with Crippen molar-refractivity contribution in [3.05, 3.63) is 35.9 Å². The van der Waals surface area contributed by atoms with Crippen molar-refractivity contribution in [2.45, 2.75) is 19.8 Å². The lowest BCUT2D eigenvalue weighted by Gasteiger charge is -2.08. The SMILES string of the molecule is CCC(/C=N/OC)Cc1ccccc1. The van der Waals surface area contributed by atoms with E-state index in [2.05, 4.69) is 41.2 Å². The first kappa shape index (κ1) is 10.8. The van der Waals surface area contributed by atoms with E-state index in [1.165, 1.54) is 5.56 Å². The van der Waals surface area contributed by atoms with Crippen LogP contribution in [0.25, 0.3) is 0 Å². The molecule has 1 aromatic carbocycles. The molecular formula is C12H17NO. The number of hydrogen-bond donors (Lipinski definition) is 0. The smallest absolute Gasteiger partial charge is 0.106 e. The fourth-order valence-corrected chi connectivity index (χ4v) is 1.37. The maximum absolute atomic E-state index is 4.68. The van der Waals surface area contributed by atoms with Crippen molar-refractivity contribution in [1.82, 2.24) is 0 Å². The van der Waals surface area contributed by atoms with E-state index in [1.54, 1.807) is 7.11 Å². The van der Waals surface area contributed by atoms with Crippen LogP contribution in [0.15, 0.2) is 35.5 Å². The van der Waals surface area contributed by atoms with Gasteiger partial charge in [-0.2, -0.15) is 0 Å². The third kappa shape index (κ3) is 3.60. The predicted octanol–water partition coefficient (Wildman–Crippen LogP) is 2.89. The quantitative estimate of drug-likeness (QED) is 0.518. The van der Waals surface area contributed by atoms with Crippen molar-refractivity contribution in [1.29, 1.82) is 0 Å². The van der Waals surface area contributed by atoms with E-state index in [-0.39, 0.29) is 0 Å². The van der Waals surface area contributed by atoms with Gasteiger partial charge in [0, 0.05) is 12.1 Å². The van der Waals surface area contributed by atoms with Crippen molar-refractivity contribution >= 4 is 6.21 Å². The summed E-state index contributed by atoms with van der Waals surface area (Å²) in [5.74, 6) is 0.470. The van der Waals surface area contributed by atoms with Gasteiger partial charge in [-0.1, -0.05) is 42.4 Å². The maximum atomic E-state index is 4.68. The van der Waals surface area contributed by atoms with Gasteiger partial charge in [-0.25, -0.2) is 0 Å². The van der Waals surface area contributed by atoms with Crippen molar-refractivity contribution in [2.24, 2.45) is 11.1 Å². The molecule has 0 bridgehead atoms. The van der Waals surface area contributed by atoms with E-state index in [9.17, 15) is 0 Å². The van der Waals surface area contributed by atoms with Crippen molar-refractivity contribution in [2.75, 3.05) is 7.11 Å². The lowest BCUT2D eigenvalue weighted by Crippen LogP contribution is -2.04. The molecule has 1 unspecified atom stereocenters. The Labute approximate surface area is 85.6 Å². The van der Waals surface area contributed by atoms with Gasteiger partial charge >= 0.3 is 0 Å². The Morgan fingerprint density at radius 2 is 2.07 bits per heavy atom. The van der Waals surface area contributed by atoms with E-state index in [1.807, 2.05) is 12.3 Å². The lowest BCUT2D eigenvalue weighted by atomic mass is 9.98. The standard InChI is InChI=1S/C12H17NO/c1-3-11(10-13-14-2)9-12-7-5-4-6-8-12/h4-8,10-11H,3,9H2,1-2H3/b13-10+. The van der Waals surface area contributed by atoms with Crippen molar-refractivity contribution in [3.63, 3.8) is 0 Å². The summed E-state index contributed by atoms with van der Waals surface area (Å²) < 4.78 is 0. The monoisotopic (exact) mass is 191 g/mol. The van der Waals surface area contributed by atoms with Gasteiger partial charge in [0.1, 0.15) is 7.11 Å². The molecule has 0 aliphatic carbocycles. The molecule has 0 radical (unpaired) electrons. The highest BCUT2D eigenvalue weighted by molar-refractivity contribution is 5.60. The van der Waals surface area contributed by atoms with Crippen LogP contribution in [0.5, 0.6) is 0 Å². The Morgan fingerprint density at radius 1 is 1.36 bits per heavy atom. The highest BCUT2D eigenvalue weighted by atomic mass is 16.6. The molecule has 76 valence electrons. The second kappa shape index (κ2) is 6.19. The second-order valence-corrected chi connectivity index (χ2v) is 3.30. The van der Waals surface area contributed by atoms with Gasteiger partial charge in [-0.3, -0.25) is 0 Å². The third-order valence-corrected chi connectivity index (χ3v) is 2.24. The van der Waals surface area contributed by atoms with E-state index in [0.29, 0.717) is 5.92 Å². The molecule has 0 aliphatic heterocycles. The van der Waals surface area contributed by atoms with E-state index in [4.69, 9.17) is 0 Å². The molecule has 0 fully saturated rings. The van der Waals surface area contributed by atoms with Gasteiger partial charge < -0.3 is 4.84 Å². The Balaban J connectivity index is 2.53. The molecule has 0 aromatic heterocycles. The summed E-state index contributed by atoms with van der Waals surface area (Å²) in [5, 5.41) is 3.81. The average molecular weight is 191 g/mol. The van der Waals surface area contributed by atoms with Crippen LogP contribution in [0.2, 0.25) is 0 Å². The van der Waals surface area contributed by atoms with Crippen LogP contribution in [-0.4, -0.2) is 13.3 Å². The van der Waals surface area contributed by atoms with Crippen LogP contribution in [0.3, 0.4) is 0 Å². The van der Waals surface area contributed by atoms with E-state index in [0.717, 1.165) is 12.8 Å². The molecule has 0 saturated carbocycles. The largest absolute Gasteiger partial charge is 0.399 e. The molecule has 0 N–H and O–H groups in total. The molecule has 1 aromatic rings. The van der Waals surface area contributed by atoms with E-state index >= 15 is 0 Å². The van der Waals surface area contributed by atoms with Gasteiger partial charge in [-0.15, -0.1) is 0 Å². The van der Waals surface area contributed by atoms with Crippen LogP contribution < -0.4 is 0 Å². The molecule has 0 amide bonds. The van der Waals surface area contributed by atoms with Gasteiger partial charge in [-0.05, 0) is 18.4 Å². The van der Waals surface area contributed by atoms with Crippen LogP contribution in [0.4, 0.5) is 0 Å². The minimum absolute atomic E-state index is 0.470. The fraction of sp³-hybridized carbons (Fsp3) is 0.417. The molecule has 2 nitrogen and oxygen atoms in total. The van der Waals surface area contributed by atoms with Crippen LogP contribution in [-0.2, 0) is 11.3 Å². The molecule has 1 atom stereocenters. The maximum Gasteiger partial charge on any atom is 0.106 e. The summed E-state index contributed by atoms with van der Waals surface area (Å²) in [6.45, 7) is 2.16. The molecule has 14 heavy (non-hydrogen) atoms. The molecule has 1 rings (SSSR count). The number of hydrogen-bond acceptors (Lipinski definition) is 2. The fourth-order valence-electron chi connectivity index (χ4n) is 1.37. The minimum atomic E-state index is 0.470. The molecule has 0 spiro atoms. The number of nitrogens with zero attached hydrogens (tertiary/aromatic N) is 1. The summed E-state index contributed by atoms with van der Waals surface area (Å²) in [6, 6.07) is 10.4. The Morgan fingerprint density at radius 3 is 2.64 bits per heavy atom. The molecule has 2 heteroatoms. The summed E-state index contributed by atoms with van der Waals surface area (Å²) in [7, 11) is 1.58. The topological polar surface area (TPSA) is 21.6 Å². The van der Waals surface area contributed by atoms with Crippen LogP contribution in [0, 0.1) is 5.92 Å². The highest BCUT2D eigenvalue weighted by Crippen LogP contribution is 2.09. The zero-order valence-electron chi connectivity index (χ0n) is 8.81. The average Bonchev–Trinajstić information content (AvgIpc) is 2.25. The first-order valence-electron chi connectivity index (χ1n) is 4.97. The zero-order chi connectivity index (χ0) is 10.2. The zero-order valence-corrected chi connectivity index (χ0v) is 8.81. The second-order valence-electron chi connectivity index (χ2n) is 3.30. The summed E-state index contributed by atoms with van der Waals surface area (Å²) in [4.78, 5) is 4.68. The minimum Gasteiger partial charge on any atom is -0.399 e. The number of benzene rings is 1. The molecule has 0 saturated heterocycles. The Hall–Kier alpha value is -1.31. The summed E-state index contributed by atoms with van der Waals surface area (Å²) in [6.07, 6.45) is 4.00. The first-order chi connectivity index (χ1) is 6.86. The highest BCUT2D eigenvalue weighted by Gasteiger charge is 2.03. The molecular weight excluding hydrogens is 174 g/mol. The molecule has 0 heterocycles. The Kier molecular flexibility index (Phi) is 4.76. The van der Waals surface area contributed by atoms with Crippen molar-refractivity contribution < 1.29 is 4.84 Å². The van der Waals surface area contributed by atoms with Crippen LogP contribution in [0.1, 0.15) is 18.9 Å². The summed E-state index contributed by atoms with van der Waals surface area (Å²) >= 11 is 0. The normalized spacial score (nSPS) is 13.0.